The molecule has 4 rings (SSSR count). The monoisotopic (exact) mass is 575 g/mol. The molecule has 4 aromatic rings. The zero-order valence-corrected chi connectivity index (χ0v) is 24.3. The summed E-state index contributed by atoms with van der Waals surface area (Å²) >= 11 is 0. The fourth-order valence-electron chi connectivity index (χ4n) is 4.68. The van der Waals surface area contributed by atoms with Crippen molar-refractivity contribution in [2.45, 2.75) is 70.7 Å². The summed E-state index contributed by atoms with van der Waals surface area (Å²) in [4.78, 5) is 58.0. The number of carboxylic acids is 1. The molecule has 11 heteroatoms. The number of carboxylic acid groups (broad SMARTS) is 1. The molecule has 11 nitrogen and oxygen atoms in total. The van der Waals surface area contributed by atoms with E-state index in [1.54, 1.807) is 33.2 Å². The molecule has 0 saturated heterocycles. The average Bonchev–Trinajstić information content (AvgIpc) is 3.50. The summed E-state index contributed by atoms with van der Waals surface area (Å²) < 4.78 is 5.29. The molecule has 42 heavy (non-hydrogen) atoms. The third-order valence-electron chi connectivity index (χ3n) is 6.82. The largest absolute Gasteiger partial charge is 0.480 e. The van der Waals surface area contributed by atoms with E-state index in [0.29, 0.717) is 0 Å². The number of amides is 3. The number of para-hydroxylation sites is 2. The van der Waals surface area contributed by atoms with Gasteiger partial charge in [-0.05, 0) is 57.9 Å². The van der Waals surface area contributed by atoms with Crippen LogP contribution in [-0.2, 0) is 32.0 Å². The number of ether oxygens (including phenoxy) is 1. The molecule has 0 unspecified atom stereocenters. The number of carbonyl (C=O) groups is 4. The summed E-state index contributed by atoms with van der Waals surface area (Å²) in [6.45, 7) is 8.09. The van der Waals surface area contributed by atoms with E-state index in [2.05, 4.69) is 25.9 Å². The Labute approximate surface area is 243 Å². The molecule has 0 aliphatic carbocycles. The van der Waals surface area contributed by atoms with Crippen LogP contribution in [-0.4, -0.2) is 62.2 Å². The van der Waals surface area contributed by atoms with E-state index in [9.17, 15) is 24.3 Å². The minimum Gasteiger partial charge on any atom is -0.480 e. The van der Waals surface area contributed by atoms with Crippen LogP contribution < -0.4 is 16.0 Å². The minimum atomic E-state index is -1.45. The van der Waals surface area contributed by atoms with Gasteiger partial charge in [0.1, 0.15) is 23.2 Å². The lowest BCUT2D eigenvalue weighted by Gasteiger charge is -2.30. The molecular formula is C31H37N5O6. The Hall–Kier alpha value is -4.80. The Morgan fingerprint density at radius 3 is 1.79 bits per heavy atom. The maximum absolute atomic E-state index is 13.7. The van der Waals surface area contributed by atoms with Crippen LogP contribution in [0.2, 0.25) is 0 Å². The van der Waals surface area contributed by atoms with Crippen molar-refractivity contribution in [1.82, 2.24) is 25.9 Å². The first-order valence-corrected chi connectivity index (χ1v) is 13.7. The molecule has 0 spiro atoms. The molecular weight excluding hydrogens is 538 g/mol. The number of aliphatic carboxylic acids is 1. The molecule has 3 amide bonds. The SMILES string of the molecule is CC(C)(C)OC(=O)NC(C)(C)C(=O)N[C@H](Cc1c[nH]c2ccccc12)C(=O)N[C@H](Cc1c[nH]c2ccccc12)C(=O)O. The number of fused-ring (bicyclic) bond motifs is 2. The predicted octanol–water partition coefficient (Wildman–Crippen LogP) is 3.79. The van der Waals surface area contributed by atoms with Crippen molar-refractivity contribution in [2.75, 3.05) is 0 Å². The van der Waals surface area contributed by atoms with Crippen LogP contribution in [0.15, 0.2) is 60.9 Å². The van der Waals surface area contributed by atoms with Gasteiger partial charge in [-0.3, -0.25) is 9.59 Å². The van der Waals surface area contributed by atoms with Gasteiger partial charge in [-0.15, -0.1) is 0 Å². The topological polar surface area (TPSA) is 165 Å². The second-order valence-corrected chi connectivity index (χ2v) is 11.8. The van der Waals surface area contributed by atoms with Crippen molar-refractivity contribution >= 4 is 45.7 Å². The fraction of sp³-hybridized carbons (Fsp3) is 0.355. The number of aromatic nitrogens is 2. The number of hydrogen-bond donors (Lipinski definition) is 6. The zero-order chi connectivity index (χ0) is 30.7. The summed E-state index contributed by atoms with van der Waals surface area (Å²) in [5, 5.41) is 19.6. The van der Waals surface area contributed by atoms with E-state index in [1.807, 2.05) is 48.5 Å². The first-order chi connectivity index (χ1) is 19.7. The second-order valence-electron chi connectivity index (χ2n) is 11.8. The number of carbonyl (C=O) groups excluding carboxylic acids is 3. The Bertz CT molecular complexity index is 1610. The van der Waals surface area contributed by atoms with Crippen LogP contribution in [0, 0.1) is 0 Å². The normalized spacial score (nSPS) is 13.4. The van der Waals surface area contributed by atoms with Crippen LogP contribution in [0.3, 0.4) is 0 Å². The van der Waals surface area contributed by atoms with Crippen molar-refractivity contribution < 1.29 is 29.0 Å². The third kappa shape index (κ3) is 7.28. The lowest BCUT2D eigenvalue weighted by Crippen LogP contribution is -2.60. The molecule has 6 N–H and O–H groups in total. The average molecular weight is 576 g/mol. The molecule has 0 aliphatic heterocycles. The Morgan fingerprint density at radius 1 is 0.786 bits per heavy atom. The molecule has 222 valence electrons. The maximum Gasteiger partial charge on any atom is 0.408 e. The summed E-state index contributed by atoms with van der Waals surface area (Å²) in [5.74, 6) is -2.52. The highest BCUT2D eigenvalue weighted by Crippen LogP contribution is 2.21. The van der Waals surface area contributed by atoms with Gasteiger partial charge >= 0.3 is 12.1 Å². The summed E-state index contributed by atoms with van der Waals surface area (Å²) in [7, 11) is 0. The zero-order valence-electron chi connectivity index (χ0n) is 24.3. The smallest absolute Gasteiger partial charge is 0.408 e. The molecule has 2 heterocycles. The van der Waals surface area contributed by atoms with E-state index < -0.39 is 47.1 Å². The van der Waals surface area contributed by atoms with Gasteiger partial charge in [-0.25, -0.2) is 9.59 Å². The Morgan fingerprint density at radius 2 is 1.29 bits per heavy atom. The number of aromatic amines is 2. The highest BCUT2D eigenvalue weighted by molar-refractivity contribution is 5.95. The van der Waals surface area contributed by atoms with Crippen molar-refractivity contribution in [3.63, 3.8) is 0 Å². The van der Waals surface area contributed by atoms with Crippen LogP contribution in [0.5, 0.6) is 0 Å². The number of hydrogen-bond acceptors (Lipinski definition) is 5. The van der Waals surface area contributed by atoms with E-state index in [1.165, 1.54) is 13.8 Å². The highest BCUT2D eigenvalue weighted by Gasteiger charge is 2.35. The van der Waals surface area contributed by atoms with Gasteiger partial charge in [-0.1, -0.05) is 36.4 Å². The summed E-state index contributed by atoms with van der Waals surface area (Å²) in [6.07, 6.45) is 2.79. The van der Waals surface area contributed by atoms with Crippen molar-refractivity contribution in [2.24, 2.45) is 0 Å². The van der Waals surface area contributed by atoms with E-state index in [0.717, 1.165) is 32.9 Å². The van der Waals surface area contributed by atoms with Crippen LogP contribution in [0.25, 0.3) is 21.8 Å². The van der Waals surface area contributed by atoms with Gasteiger partial charge in [0.25, 0.3) is 0 Å². The van der Waals surface area contributed by atoms with Gasteiger partial charge in [0.05, 0.1) is 0 Å². The lowest BCUT2D eigenvalue weighted by molar-refractivity contribution is -0.142. The molecule has 0 radical (unpaired) electrons. The molecule has 0 fully saturated rings. The van der Waals surface area contributed by atoms with Gasteiger partial charge < -0.3 is 35.8 Å². The number of benzene rings is 2. The first-order valence-electron chi connectivity index (χ1n) is 13.7. The van der Waals surface area contributed by atoms with Crippen molar-refractivity contribution in [1.29, 1.82) is 0 Å². The van der Waals surface area contributed by atoms with E-state index >= 15 is 0 Å². The molecule has 0 saturated carbocycles. The third-order valence-corrected chi connectivity index (χ3v) is 6.82. The number of H-pyrrole nitrogens is 2. The summed E-state index contributed by atoms with van der Waals surface area (Å²) in [5.41, 5.74) is 0.980. The number of alkyl carbamates (subject to hydrolysis) is 1. The fourth-order valence-corrected chi connectivity index (χ4v) is 4.68. The van der Waals surface area contributed by atoms with Gasteiger partial charge in [0, 0.05) is 47.0 Å². The van der Waals surface area contributed by atoms with Crippen LogP contribution in [0.1, 0.15) is 45.7 Å². The predicted molar refractivity (Wildman–Crippen MR) is 159 cm³/mol. The quantitative estimate of drug-likeness (QED) is 0.168. The summed E-state index contributed by atoms with van der Waals surface area (Å²) in [6, 6.07) is 12.6. The van der Waals surface area contributed by atoms with Crippen molar-refractivity contribution in [3.05, 3.63) is 72.1 Å². The minimum absolute atomic E-state index is 0.0323. The number of nitrogens with one attached hydrogen (secondary N) is 5. The standard InChI is InChI=1S/C31H37N5O6/c1-30(2,3)42-29(41)36-31(4,5)28(40)35-24(14-18-16-32-22-12-8-6-10-20(18)22)26(37)34-25(27(38)39)15-19-17-33-23-13-9-7-11-21(19)23/h6-13,16-17,24-25,32-33H,14-15H2,1-5H3,(H,34,37)(H,35,40)(H,36,41)(H,38,39)/t24-,25-/m1/s1. The first kappa shape index (κ1) is 30.2. The molecule has 2 atom stereocenters. The lowest BCUT2D eigenvalue weighted by atomic mass is 9.99. The van der Waals surface area contributed by atoms with Crippen LogP contribution >= 0.6 is 0 Å². The molecule has 2 aromatic heterocycles. The number of rotatable bonds is 10. The van der Waals surface area contributed by atoms with Gasteiger partial charge in [0.15, 0.2) is 0 Å². The molecule has 0 bridgehead atoms. The van der Waals surface area contributed by atoms with Crippen LogP contribution in [0.4, 0.5) is 4.79 Å². The molecule has 2 aromatic carbocycles. The van der Waals surface area contributed by atoms with Gasteiger partial charge in [0.2, 0.25) is 11.8 Å². The Kier molecular flexibility index (Phi) is 8.60. The van der Waals surface area contributed by atoms with Crippen molar-refractivity contribution in [3.8, 4) is 0 Å². The molecule has 0 aliphatic rings. The second kappa shape index (κ2) is 12.0. The van der Waals surface area contributed by atoms with E-state index in [4.69, 9.17) is 4.74 Å². The van der Waals surface area contributed by atoms with E-state index in [-0.39, 0.29) is 12.8 Å². The highest BCUT2D eigenvalue weighted by atomic mass is 16.6. The van der Waals surface area contributed by atoms with Gasteiger partial charge in [-0.2, -0.15) is 0 Å². The maximum atomic E-state index is 13.7. The Balaban J connectivity index is 1.57.